The molecule has 3 rings (SSSR count). The van der Waals surface area contributed by atoms with Crippen molar-refractivity contribution < 1.29 is 19.1 Å². The third-order valence-electron chi connectivity index (χ3n) is 4.42. The number of benzene rings is 1. The number of rotatable bonds is 4. The summed E-state index contributed by atoms with van der Waals surface area (Å²) >= 11 is 0. The molecule has 0 atom stereocenters. The Hall–Kier alpha value is -2.83. The summed E-state index contributed by atoms with van der Waals surface area (Å²) in [5, 5.41) is 12.1. The van der Waals surface area contributed by atoms with Crippen molar-refractivity contribution in [2.45, 2.75) is 52.0 Å². The van der Waals surface area contributed by atoms with Crippen molar-refractivity contribution in [3.05, 3.63) is 41.6 Å². The van der Waals surface area contributed by atoms with Gasteiger partial charge in [0.1, 0.15) is 17.2 Å². The van der Waals surface area contributed by atoms with E-state index in [2.05, 4.69) is 10.3 Å². The Morgan fingerprint density at radius 3 is 2.78 bits per heavy atom. The van der Waals surface area contributed by atoms with E-state index >= 15 is 0 Å². The third kappa shape index (κ3) is 4.67. The van der Waals surface area contributed by atoms with Gasteiger partial charge >= 0.3 is 0 Å². The van der Waals surface area contributed by atoms with Crippen LogP contribution in [0, 0.1) is 0 Å². The van der Waals surface area contributed by atoms with Crippen molar-refractivity contribution in [1.29, 1.82) is 0 Å². The van der Waals surface area contributed by atoms with Crippen molar-refractivity contribution in [3.8, 4) is 5.75 Å². The summed E-state index contributed by atoms with van der Waals surface area (Å²) in [6, 6.07) is 6.32. The molecule has 0 fully saturated rings. The van der Waals surface area contributed by atoms with E-state index in [4.69, 9.17) is 4.42 Å². The second kappa shape index (κ2) is 7.42. The predicted octanol–water partition coefficient (Wildman–Crippen LogP) is 2.98. The molecule has 0 spiro atoms. The molecule has 144 valence electrons. The van der Waals surface area contributed by atoms with Crippen LogP contribution >= 0.6 is 0 Å². The van der Waals surface area contributed by atoms with E-state index in [9.17, 15) is 14.7 Å². The van der Waals surface area contributed by atoms with E-state index in [1.54, 1.807) is 17.0 Å². The molecule has 0 saturated carbocycles. The summed E-state index contributed by atoms with van der Waals surface area (Å²) in [7, 11) is 0. The zero-order valence-corrected chi connectivity index (χ0v) is 15.9. The fraction of sp³-hybridized carbons (Fsp3) is 0.450. The molecule has 0 bridgehead atoms. The molecule has 2 N–H and O–H groups in total. The maximum atomic E-state index is 12.5. The predicted molar refractivity (Wildman–Crippen MR) is 100 cm³/mol. The van der Waals surface area contributed by atoms with Gasteiger partial charge in [0, 0.05) is 43.0 Å². The molecule has 2 aromatic rings. The molecule has 1 aliphatic heterocycles. The summed E-state index contributed by atoms with van der Waals surface area (Å²) < 4.78 is 5.84. The van der Waals surface area contributed by atoms with Crippen LogP contribution in [0.3, 0.4) is 0 Å². The van der Waals surface area contributed by atoms with Crippen molar-refractivity contribution >= 4 is 17.5 Å². The highest BCUT2D eigenvalue weighted by Gasteiger charge is 2.29. The Morgan fingerprint density at radius 2 is 2.07 bits per heavy atom. The van der Waals surface area contributed by atoms with Gasteiger partial charge in [-0.3, -0.25) is 9.59 Å². The van der Waals surface area contributed by atoms with Crippen LogP contribution in [0.1, 0.15) is 51.0 Å². The average Bonchev–Trinajstić information content (AvgIpc) is 3.03. The molecule has 0 saturated heterocycles. The van der Waals surface area contributed by atoms with E-state index in [0.717, 1.165) is 11.5 Å². The first kappa shape index (κ1) is 18.9. The number of phenolic OH excluding ortho intramolecular Hbond substituents is 1. The quantitative estimate of drug-likeness (QED) is 0.861. The van der Waals surface area contributed by atoms with Crippen LogP contribution in [0.2, 0.25) is 0 Å². The Labute approximate surface area is 158 Å². The first-order valence-electron chi connectivity index (χ1n) is 9.08. The van der Waals surface area contributed by atoms with Crippen LogP contribution in [-0.4, -0.2) is 33.3 Å². The Balaban J connectivity index is 1.53. The van der Waals surface area contributed by atoms with Crippen molar-refractivity contribution in [1.82, 2.24) is 9.88 Å². The maximum absolute atomic E-state index is 12.5. The smallest absolute Gasteiger partial charge is 0.224 e. The lowest BCUT2D eigenvalue weighted by Gasteiger charge is -2.25. The average molecular weight is 371 g/mol. The molecular formula is C20H25N3O4. The molecule has 2 amide bonds. The number of amides is 2. The number of fused-ring (bicyclic) bond motifs is 1. The largest absolute Gasteiger partial charge is 0.508 e. The van der Waals surface area contributed by atoms with Crippen LogP contribution in [0.4, 0.5) is 5.69 Å². The topological polar surface area (TPSA) is 95.7 Å². The number of nitrogens with one attached hydrogen (secondary N) is 1. The molecule has 1 aromatic carbocycles. The van der Waals surface area contributed by atoms with E-state index in [1.807, 2.05) is 20.8 Å². The van der Waals surface area contributed by atoms with E-state index in [1.165, 1.54) is 12.1 Å². The van der Waals surface area contributed by atoms with E-state index in [0.29, 0.717) is 31.1 Å². The minimum atomic E-state index is -0.261. The lowest BCUT2D eigenvalue weighted by Crippen LogP contribution is -2.36. The van der Waals surface area contributed by atoms with Crippen LogP contribution in [0.5, 0.6) is 5.75 Å². The maximum Gasteiger partial charge on any atom is 0.224 e. The normalized spacial score (nSPS) is 14.0. The summed E-state index contributed by atoms with van der Waals surface area (Å²) in [6.45, 7) is 7.11. The number of hydrogen-bond donors (Lipinski definition) is 2. The van der Waals surface area contributed by atoms with Gasteiger partial charge < -0.3 is 19.7 Å². The van der Waals surface area contributed by atoms with Crippen molar-refractivity contribution in [2.24, 2.45) is 0 Å². The van der Waals surface area contributed by atoms with Crippen LogP contribution < -0.4 is 5.32 Å². The van der Waals surface area contributed by atoms with Crippen molar-refractivity contribution in [3.63, 3.8) is 0 Å². The SMILES string of the molecule is CC(C)(C)c1nc2c(o1)CCN(C(=O)CCC(=O)Nc1cccc(O)c1)C2. The van der Waals surface area contributed by atoms with Gasteiger partial charge in [0.25, 0.3) is 0 Å². The van der Waals surface area contributed by atoms with Gasteiger partial charge in [-0.05, 0) is 12.1 Å². The first-order valence-corrected chi connectivity index (χ1v) is 9.08. The molecule has 7 nitrogen and oxygen atoms in total. The molecule has 0 unspecified atom stereocenters. The number of aromatic hydroxyl groups is 1. The molecule has 0 aliphatic carbocycles. The standard InChI is InChI=1S/C20H25N3O4/c1-20(2,3)19-22-15-12-23(10-9-16(15)27-19)18(26)8-7-17(25)21-13-5-4-6-14(24)11-13/h4-6,11,24H,7-10,12H2,1-3H3,(H,21,25). The number of anilines is 1. The summed E-state index contributed by atoms with van der Waals surface area (Å²) in [5.74, 6) is 1.28. The number of carbonyl (C=O) groups is 2. The zero-order chi connectivity index (χ0) is 19.6. The monoisotopic (exact) mass is 371 g/mol. The number of phenols is 1. The van der Waals surface area contributed by atoms with Gasteiger partial charge in [-0.1, -0.05) is 26.8 Å². The molecule has 2 heterocycles. The highest BCUT2D eigenvalue weighted by molar-refractivity contribution is 5.93. The summed E-state index contributed by atoms with van der Waals surface area (Å²) in [6.07, 6.45) is 0.855. The minimum absolute atomic E-state index is 0.0768. The number of hydrogen-bond acceptors (Lipinski definition) is 5. The number of oxazole rings is 1. The van der Waals surface area contributed by atoms with Gasteiger partial charge in [-0.25, -0.2) is 4.98 Å². The van der Waals surface area contributed by atoms with Gasteiger partial charge in [-0.15, -0.1) is 0 Å². The van der Waals surface area contributed by atoms with Crippen LogP contribution in [0.15, 0.2) is 28.7 Å². The van der Waals surface area contributed by atoms with Crippen LogP contribution in [-0.2, 0) is 28.0 Å². The van der Waals surface area contributed by atoms with E-state index < -0.39 is 0 Å². The molecule has 1 aromatic heterocycles. The Morgan fingerprint density at radius 1 is 1.30 bits per heavy atom. The minimum Gasteiger partial charge on any atom is -0.508 e. The fourth-order valence-electron chi connectivity index (χ4n) is 2.92. The number of nitrogens with zero attached hydrogens (tertiary/aromatic N) is 2. The summed E-state index contributed by atoms with van der Waals surface area (Å²) in [4.78, 5) is 30.8. The second-order valence-corrected chi connectivity index (χ2v) is 7.80. The van der Waals surface area contributed by atoms with E-state index in [-0.39, 0.29) is 35.8 Å². The Kier molecular flexibility index (Phi) is 5.21. The number of carbonyl (C=O) groups excluding carboxylic acids is 2. The molecule has 0 radical (unpaired) electrons. The van der Waals surface area contributed by atoms with Gasteiger partial charge in [0.05, 0.1) is 6.54 Å². The lowest BCUT2D eigenvalue weighted by atomic mass is 9.97. The Bertz CT molecular complexity index is 851. The first-order chi connectivity index (χ1) is 12.7. The highest BCUT2D eigenvalue weighted by atomic mass is 16.4. The van der Waals surface area contributed by atoms with Gasteiger partial charge in [-0.2, -0.15) is 0 Å². The summed E-state index contributed by atoms with van der Waals surface area (Å²) in [5.41, 5.74) is 1.15. The third-order valence-corrected chi connectivity index (χ3v) is 4.42. The highest BCUT2D eigenvalue weighted by Crippen LogP contribution is 2.27. The lowest BCUT2D eigenvalue weighted by molar-refractivity contribution is -0.133. The fourth-order valence-corrected chi connectivity index (χ4v) is 2.92. The van der Waals surface area contributed by atoms with Gasteiger partial charge in [0.2, 0.25) is 11.8 Å². The zero-order valence-electron chi connectivity index (χ0n) is 15.9. The van der Waals surface area contributed by atoms with Crippen LogP contribution in [0.25, 0.3) is 0 Å². The molecular weight excluding hydrogens is 346 g/mol. The van der Waals surface area contributed by atoms with Crippen molar-refractivity contribution in [2.75, 3.05) is 11.9 Å². The molecule has 1 aliphatic rings. The van der Waals surface area contributed by atoms with Gasteiger partial charge in [0.15, 0.2) is 5.89 Å². The second-order valence-electron chi connectivity index (χ2n) is 7.80. The molecule has 27 heavy (non-hydrogen) atoms. The number of aromatic nitrogens is 1. The molecule has 7 heteroatoms.